The van der Waals surface area contributed by atoms with Crippen molar-refractivity contribution >= 4 is 5.97 Å². The Morgan fingerprint density at radius 3 is 2.80 bits per heavy atom. The topological polar surface area (TPSA) is 72.5 Å². The van der Waals surface area contributed by atoms with E-state index in [0.29, 0.717) is 6.42 Å². The molecule has 0 unspecified atom stereocenters. The maximum absolute atomic E-state index is 11.3. The number of esters is 1. The first-order valence-electron chi connectivity index (χ1n) is 4.70. The molecule has 0 aromatic heterocycles. The molecule has 0 amide bonds. The Hall–Kier alpha value is -1.55. The summed E-state index contributed by atoms with van der Waals surface area (Å²) in [5.74, 6) is -0.616. The van der Waals surface area contributed by atoms with E-state index in [1.165, 1.54) is 13.2 Å². The molecular weight excluding hydrogens is 194 g/mol. The number of aromatic hydroxyl groups is 1. The molecule has 1 rings (SSSR count). The van der Waals surface area contributed by atoms with Crippen LogP contribution in [0.2, 0.25) is 0 Å². The largest absolute Gasteiger partial charge is 0.507 e. The molecule has 0 spiro atoms. The van der Waals surface area contributed by atoms with Gasteiger partial charge in [-0.3, -0.25) is 0 Å². The monoisotopic (exact) mass is 209 g/mol. The predicted molar refractivity (Wildman–Crippen MR) is 56.8 cm³/mol. The molecule has 1 atom stereocenters. The Morgan fingerprint density at radius 1 is 1.60 bits per heavy atom. The number of phenols is 1. The van der Waals surface area contributed by atoms with E-state index in [-0.39, 0.29) is 17.4 Å². The third-order valence-corrected chi connectivity index (χ3v) is 2.02. The van der Waals surface area contributed by atoms with Crippen molar-refractivity contribution in [1.29, 1.82) is 0 Å². The van der Waals surface area contributed by atoms with Gasteiger partial charge in [0.25, 0.3) is 0 Å². The van der Waals surface area contributed by atoms with Gasteiger partial charge in [-0.2, -0.15) is 0 Å². The van der Waals surface area contributed by atoms with E-state index in [0.717, 1.165) is 5.56 Å². The fourth-order valence-corrected chi connectivity index (χ4v) is 1.36. The lowest BCUT2D eigenvalue weighted by Gasteiger charge is -2.08. The summed E-state index contributed by atoms with van der Waals surface area (Å²) < 4.78 is 4.55. The third kappa shape index (κ3) is 2.95. The lowest BCUT2D eigenvalue weighted by molar-refractivity contribution is 0.0597. The average molecular weight is 209 g/mol. The second-order valence-corrected chi connectivity index (χ2v) is 3.52. The number of nitrogens with two attached hydrogens (primary N) is 1. The van der Waals surface area contributed by atoms with Gasteiger partial charge in [0.2, 0.25) is 0 Å². The van der Waals surface area contributed by atoms with E-state index >= 15 is 0 Å². The molecule has 3 N–H and O–H groups in total. The van der Waals surface area contributed by atoms with Crippen molar-refractivity contribution in [2.45, 2.75) is 19.4 Å². The molecule has 0 saturated carbocycles. The number of hydrogen-bond acceptors (Lipinski definition) is 4. The van der Waals surface area contributed by atoms with E-state index in [4.69, 9.17) is 5.73 Å². The first-order chi connectivity index (χ1) is 7.04. The molecule has 0 fully saturated rings. The maximum Gasteiger partial charge on any atom is 0.341 e. The molecule has 4 heteroatoms. The SMILES string of the molecule is COC(=O)c1cc(C[C@@H](C)N)ccc1O. The number of carbonyl (C=O) groups is 1. The van der Waals surface area contributed by atoms with E-state index in [1.807, 2.05) is 6.92 Å². The summed E-state index contributed by atoms with van der Waals surface area (Å²) in [6.45, 7) is 1.88. The molecular formula is C11H15NO3. The number of hydrogen-bond donors (Lipinski definition) is 2. The van der Waals surface area contributed by atoms with Gasteiger partial charge in [0.15, 0.2) is 0 Å². The minimum atomic E-state index is -0.543. The molecule has 0 bridgehead atoms. The molecule has 1 aromatic carbocycles. The Bertz CT molecular complexity index is 361. The Balaban J connectivity index is 3.00. The summed E-state index contributed by atoms with van der Waals surface area (Å²) in [6, 6.07) is 4.83. The van der Waals surface area contributed by atoms with Crippen molar-refractivity contribution in [3.63, 3.8) is 0 Å². The lowest BCUT2D eigenvalue weighted by Crippen LogP contribution is -2.18. The van der Waals surface area contributed by atoms with Crippen LogP contribution in [0.4, 0.5) is 0 Å². The molecule has 82 valence electrons. The van der Waals surface area contributed by atoms with Gasteiger partial charge in [0, 0.05) is 6.04 Å². The smallest absolute Gasteiger partial charge is 0.341 e. The van der Waals surface area contributed by atoms with Gasteiger partial charge in [-0.25, -0.2) is 4.79 Å². The summed E-state index contributed by atoms with van der Waals surface area (Å²) in [7, 11) is 1.28. The van der Waals surface area contributed by atoms with E-state index in [2.05, 4.69) is 4.74 Å². The number of rotatable bonds is 3. The zero-order valence-corrected chi connectivity index (χ0v) is 8.86. The van der Waals surface area contributed by atoms with Crippen LogP contribution in [0.25, 0.3) is 0 Å². The fraction of sp³-hybridized carbons (Fsp3) is 0.364. The molecule has 0 heterocycles. The van der Waals surface area contributed by atoms with Crippen LogP contribution in [0, 0.1) is 0 Å². The maximum atomic E-state index is 11.3. The van der Waals surface area contributed by atoms with Crippen LogP contribution in [0.5, 0.6) is 5.75 Å². The normalized spacial score (nSPS) is 12.2. The molecule has 15 heavy (non-hydrogen) atoms. The first-order valence-corrected chi connectivity index (χ1v) is 4.70. The molecule has 0 saturated heterocycles. The highest BCUT2D eigenvalue weighted by Gasteiger charge is 2.12. The quantitative estimate of drug-likeness (QED) is 0.730. The van der Waals surface area contributed by atoms with Crippen molar-refractivity contribution in [1.82, 2.24) is 0 Å². The predicted octanol–water partition coefficient (Wildman–Crippen LogP) is 1.07. The minimum absolute atomic E-state index is 0.0139. The first kappa shape index (κ1) is 11.5. The van der Waals surface area contributed by atoms with Crippen LogP contribution in [-0.4, -0.2) is 24.2 Å². The van der Waals surface area contributed by atoms with E-state index in [9.17, 15) is 9.90 Å². The van der Waals surface area contributed by atoms with Gasteiger partial charge in [-0.15, -0.1) is 0 Å². The molecule has 4 nitrogen and oxygen atoms in total. The summed E-state index contributed by atoms with van der Waals surface area (Å²) in [6.07, 6.45) is 0.657. The van der Waals surface area contributed by atoms with E-state index < -0.39 is 5.97 Å². The average Bonchev–Trinajstić information content (AvgIpc) is 2.19. The number of benzene rings is 1. The number of carbonyl (C=O) groups excluding carboxylic acids is 1. The number of phenolic OH excluding ortho intramolecular Hbond substituents is 1. The second-order valence-electron chi connectivity index (χ2n) is 3.52. The standard InChI is InChI=1S/C11H15NO3/c1-7(12)5-8-3-4-10(13)9(6-8)11(14)15-2/h3-4,6-7,13H,5,12H2,1-2H3/t7-/m1/s1. The van der Waals surface area contributed by atoms with E-state index in [1.54, 1.807) is 12.1 Å². The van der Waals surface area contributed by atoms with Crippen LogP contribution in [0.3, 0.4) is 0 Å². The van der Waals surface area contributed by atoms with Crippen molar-refractivity contribution < 1.29 is 14.6 Å². The van der Waals surface area contributed by atoms with Gasteiger partial charge in [0.05, 0.1) is 7.11 Å². The highest BCUT2D eigenvalue weighted by molar-refractivity contribution is 5.92. The lowest BCUT2D eigenvalue weighted by atomic mass is 10.0. The summed E-state index contributed by atoms with van der Waals surface area (Å²) >= 11 is 0. The number of methoxy groups -OCH3 is 1. The van der Waals surface area contributed by atoms with Crippen molar-refractivity contribution in [2.75, 3.05) is 7.11 Å². The van der Waals surface area contributed by atoms with Gasteiger partial charge >= 0.3 is 5.97 Å². The number of ether oxygens (including phenoxy) is 1. The Kier molecular flexibility index (Phi) is 3.68. The van der Waals surface area contributed by atoms with Gasteiger partial charge in [-0.05, 0) is 31.0 Å². The highest BCUT2D eigenvalue weighted by atomic mass is 16.5. The zero-order chi connectivity index (χ0) is 11.4. The van der Waals surface area contributed by atoms with Gasteiger partial charge < -0.3 is 15.6 Å². The van der Waals surface area contributed by atoms with Crippen molar-refractivity contribution in [3.05, 3.63) is 29.3 Å². The Morgan fingerprint density at radius 2 is 2.27 bits per heavy atom. The summed E-state index contributed by atoms with van der Waals surface area (Å²) in [5, 5.41) is 9.44. The molecule has 0 radical (unpaired) electrons. The van der Waals surface area contributed by atoms with Crippen LogP contribution in [-0.2, 0) is 11.2 Å². The molecule has 0 aliphatic rings. The fourth-order valence-electron chi connectivity index (χ4n) is 1.36. The third-order valence-electron chi connectivity index (χ3n) is 2.02. The van der Waals surface area contributed by atoms with Crippen LogP contribution in [0.1, 0.15) is 22.8 Å². The Labute approximate surface area is 88.7 Å². The summed E-state index contributed by atoms with van der Waals surface area (Å²) in [5.41, 5.74) is 6.72. The van der Waals surface area contributed by atoms with Crippen LogP contribution >= 0.6 is 0 Å². The van der Waals surface area contributed by atoms with Crippen LogP contribution in [0.15, 0.2) is 18.2 Å². The van der Waals surface area contributed by atoms with Crippen molar-refractivity contribution in [3.8, 4) is 5.75 Å². The van der Waals surface area contributed by atoms with Crippen molar-refractivity contribution in [2.24, 2.45) is 5.73 Å². The highest BCUT2D eigenvalue weighted by Crippen LogP contribution is 2.19. The second kappa shape index (κ2) is 4.79. The van der Waals surface area contributed by atoms with Gasteiger partial charge in [0.1, 0.15) is 11.3 Å². The molecule has 1 aromatic rings. The minimum Gasteiger partial charge on any atom is -0.507 e. The van der Waals surface area contributed by atoms with Gasteiger partial charge in [-0.1, -0.05) is 6.07 Å². The zero-order valence-electron chi connectivity index (χ0n) is 8.86. The van der Waals surface area contributed by atoms with Crippen LogP contribution < -0.4 is 5.73 Å². The molecule has 0 aliphatic carbocycles. The molecule has 0 aliphatic heterocycles. The summed E-state index contributed by atoms with van der Waals surface area (Å²) in [4.78, 5) is 11.3.